The topological polar surface area (TPSA) is 26.3 Å². The molecule has 0 heterocycles. The Morgan fingerprint density at radius 1 is 1.05 bits per heavy atom. The molecule has 19 heavy (non-hydrogen) atoms. The minimum atomic E-state index is -0.456. The molecule has 1 aromatic rings. The lowest BCUT2D eigenvalue weighted by molar-refractivity contribution is -0.148. The number of esters is 1. The molecule has 0 bridgehead atoms. The van der Waals surface area contributed by atoms with E-state index in [0.29, 0.717) is 0 Å². The Labute approximate surface area is 117 Å². The van der Waals surface area contributed by atoms with E-state index in [1.54, 1.807) is 0 Å². The van der Waals surface area contributed by atoms with Gasteiger partial charge in [-0.2, -0.15) is 0 Å². The van der Waals surface area contributed by atoms with E-state index in [4.69, 9.17) is 4.74 Å². The van der Waals surface area contributed by atoms with Gasteiger partial charge in [0.15, 0.2) is 0 Å². The number of rotatable bonds is 8. The van der Waals surface area contributed by atoms with E-state index in [1.807, 2.05) is 18.2 Å². The van der Waals surface area contributed by atoms with Gasteiger partial charge in [-0.3, -0.25) is 4.79 Å². The smallest absolute Gasteiger partial charge is 0.316 e. The minimum Gasteiger partial charge on any atom is -0.468 e. The van der Waals surface area contributed by atoms with E-state index < -0.39 is 5.41 Å². The molecule has 0 N–H and O–H groups in total. The zero-order valence-corrected chi connectivity index (χ0v) is 12.4. The third-order valence-corrected chi connectivity index (χ3v) is 3.82. The summed E-state index contributed by atoms with van der Waals surface area (Å²) in [7, 11) is 1.50. The van der Waals surface area contributed by atoms with Gasteiger partial charge in [-0.25, -0.2) is 0 Å². The summed E-state index contributed by atoms with van der Waals surface area (Å²) in [6.45, 7) is 4.32. The van der Waals surface area contributed by atoms with Crippen molar-refractivity contribution in [2.75, 3.05) is 7.11 Å². The van der Waals surface area contributed by atoms with Crippen molar-refractivity contribution in [2.24, 2.45) is 0 Å². The second kappa shape index (κ2) is 7.98. The lowest BCUT2D eigenvalue weighted by atomic mass is 9.72. The SMILES string of the molecule is CCCCC(CCCC)(C(=O)OC)c1ccccc1. The predicted molar refractivity (Wildman–Crippen MR) is 79.2 cm³/mol. The quantitative estimate of drug-likeness (QED) is 0.646. The second-order valence-corrected chi connectivity index (χ2v) is 5.15. The first-order valence-corrected chi connectivity index (χ1v) is 7.35. The normalized spacial score (nSPS) is 11.3. The van der Waals surface area contributed by atoms with Crippen LogP contribution in [-0.2, 0) is 14.9 Å². The largest absolute Gasteiger partial charge is 0.468 e. The minimum absolute atomic E-state index is 0.0828. The fraction of sp³-hybridized carbons (Fsp3) is 0.588. The molecule has 0 atom stereocenters. The molecular formula is C17H26O2. The van der Waals surface area contributed by atoms with Gasteiger partial charge < -0.3 is 4.74 Å². The summed E-state index contributed by atoms with van der Waals surface area (Å²) in [5.74, 6) is -0.0828. The molecule has 2 heteroatoms. The van der Waals surface area contributed by atoms with Crippen molar-refractivity contribution < 1.29 is 9.53 Å². The lowest BCUT2D eigenvalue weighted by Crippen LogP contribution is -2.37. The highest BCUT2D eigenvalue weighted by molar-refractivity contribution is 5.83. The monoisotopic (exact) mass is 262 g/mol. The summed E-state index contributed by atoms with van der Waals surface area (Å²) < 4.78 is 5.13. The molecule has 0 amide bonds. The number of carbonyl (C=O) groups excluding carboxylic acids is 1. The van der Waals surface area contributed by atoms with Gasteiger partial charge in [0.05, 0.1) is 12.5 Å². The molecule has 0 aliphatic heterocycles. The summed E-state index contributed by atoms with van der Waals surface area (Å²) >= 11 is 0. The Morgan fingerprint density at radius 2 is 1.58 bits per heavy atom. The van der Waals surface area contributed by atoms with Gasteiger partial charge in [0, 0.05) is 0 Å². The fourth-order valence-corrected chi connectivity index (χ4v) is 2.65. The van der Waals surface area contributed by atoms with Crippen LogP contribution in [0.25, 0.3) is 0 Å². The third kappa shape index (κ3) is 3.82. The molecule has 0 spiro atoms. The van der Waals surface area contributed by atoms with E-state index in [2.05, 4.69) is 26.0 Å². The average molecular weight is 262 g/mol. The van der Waals surface area contributed by atoms with Crippen LogP contribution in [0.5, 0.6) is 0 Å². The van der Waals surface area contributed by atoms with Crippen molar-refractivity contribution in [1.82, 2.24) is 0 Å². The van der Waals surface area contributed by atoms with Crippen molar-refractivity contribution in [2.45, 2.75) is 57.8 Å². The number of hydrogen-bond acceptors (Lipinski definition) is 2. The molecule has 106 valence electrons. The highest BCUT2D eigenvalue weighted by atomic mass is 16.5. The molecular weight excluding hydrogens is 236 g/mol. The maximum absolute atomic E-state index is 12.4. The van der Waals surface area contributed by atoms with Crippen LogP contribution in [0.3, 0.4) is 0 Å². The van der Waals surface area contributed by atoms with Crippen molar-refractivity contribution in [3.05, 3.63) is 35.9 Å². The zero-order valence-electron chi connectivity index (χ0n) is 12.4. The van der Waals surface area contributed by atoms with E-state index in [1.165, 1.54) is 7.11 Å². The van der Waals surface area contributed by atoms with Crippen LogP contribution < -0.4 is 0 Å². The molecule has 0 aromatic heterocycles. The van der Waals surface area contributed by atoms with Gasteiger partial charge in [0.2, 0.25) is 0 Å². The molecule has 0 aliphatic carbocycles. The maximum atomic E-state index is 12.4. The summed E-state index contributed by atoms with van der Waals surface area (Å²) in [6.07, 6.45) is 6.04. The van der Waals surface area contributed by atoms with Crippen LogP contribution in [0.4, 0.5) is 0 Å². The van der Waals surface area contributed by atoms with Crippen LogP contribution in [0.1, 0.15) is 57.9 Å². The summed E-state index contributed by atoms with van der Waals surface area (Å²) in [5, 5.41) is 0. The summed E-state index contributed by atoms with van der Waals surface area (Å²) in [5.41, 5.74) is 0.644. The molecule has 0 saturated carbocycles. The van der Waals surface area contributed by atoms with E-state index in [0.717, 1.165) is 44.1 Å². The van der Waals surface area contributed by atoms with Crippen LogP contribution in [-0.4, -0.2) is 13.1 Å². The molecule has 0 unspecified atom stereocenters. The molecule has 0 fully saturated rings. The molecule has 0 aliphatic rings. The fourth-order valence-electron chi connectivity index (χ4n) is 2.65. The van der Waals surface area contributed by atoms with Gasteiger partial charge in [-0.1, -0.05) is 69.9 Å². The van der Waals surface area contributed by atoms with Gasteiger partial charge in [-0.05, 0) is 18.4 Å². The highest BCUT2D eigenvalue weighted by Gasteiger charge is 2.39. The number of carbonyl (C=O) groups is 1. The highest BCUT2D eigenvalue weighted by Crippen LogP contribution is 2.36. The number of hydrogen-bond donors (Lipinski definition) is 0. The summed E-state index contributed by atoms with van der Waals surface area (Å²) in [6, 6.07) is 10.1. The van der Waals surface area contributed by atoms with E-state index in [-0.39, 0.29) is 5.97 Å². The van der Waals surface area contributed by atoms with E-state index >= 15 is 0 Å². The second-order valence-electron chi connectivity index (χ2n) is 5.15. The predicted octanol–water partition coefficient (Wildman–Crippen LogP) is 4.48. The van der Waals surface area contributed by atoms with Crippen LogP contribution in [0.15, 0.2) is 30.3 Å². The van der Waals surface area contributed by atoms with Gasteiger partial charge in [-0.15, -0.1) is 0 Å². The summed E-state index contributed by atoms with van der Waals surface area (Å²) in [4.78, 5) is 12.4. The Bertz CT molecular complexity index is 362. The Kier molecular flexibility index (Phi) is 6.61. The first-order chi connectivity index (χ1) is 9.21. The maximum Gasteiger partial charge on any atom is 0.316 e. The average Bonchev–Trinajstić information content (AvgIpc) is 2.48. The van der Waals surface area contributed by atoms with Gasteiger partial charge in [0.25, 0.3) is 0 Å². The molecule has 0 radical (unpaired) electrons. The van der Waals surface area contributed by atoms with Gasteiger partial charge in [0.1, 0.15) is 0 Å². The Morgan fingerprint density at radius 3 is 2.00 bits per heavy atom. The Hall–Kier alpha value is -1.31. The van der Waals surface area contributed by atoms with Crippen LogP contribution >= 0.6 is 0 Å². The number of unbranched alkanes of at least 4 members (excludes halogenated alkanes) is 2. The molecule has 1 aromatic carbocycles. The third-order valence-electron chi connectivity index (χ3n) is 3.82. The van der Waals surface area contributed by atoms with Crippen molar-refractivity contribution in [1.29, 1.82) is 0 Å². The van der Waals surface area contributed by atoms with Gasteiger partial charge >= 0.3 is 5.97 Å². The lowest BCUT2D eigenvalue weighted by Gasteiger charge is -2.31. The van der Waals surface area contributed by atoms with Crippen molar-refractivity contribution >= 4 is 5.97 Å². The molecule has 0 saturated heterocycles. The van der Waals surface area contributed by atoms with Crippen LogP contribution in [0, 0.1) is 0 Å². The number of benzene rings is 1. The first kappa shape index (κ1) is 15.7. The molecule has 1 rings (SSSR count). The van der Waals surface area contributed by atoms with Crippen molar-refractivity contribution in [3.8, 4) is 0 Å². The molecule has 2 nitrogen and oxygen atoms in total. The standard InChI is InChI=1S/C17H26O2/c1-4-6-13-17(14-7-5-2,16(18)19-3)15-11-9-8-10-12-15/h8-12H,4-7,13-14H2,1-3H3. The Balaban J connectivity index is 3.13. The first-order valence-electron chi connectivity index (χ1n) is 7.35. The number of methoxy groups -OCH3 is 1. The zero-order chi connectivity index (χ0) is 14.1. The van der Waals surface area contributed by atoms with Crippen LogP contribution in [0.2, 0.25) is 0 Å². The van der Waals surface area contributed by atoms with E-state index in [9.17, 15) is 4.79 Å². The van der Waals surface area contributed by atoms with Crippen molar-refractivity contribution in [3.63, 3.8) is 0 Å². The number of ether oxygens (including phenoxy) is 1.